The summed E-state index contributed by atoms with van der Waals surface area (Å²) in [5, 5.41) is -0.401. The highest BCUT2D eigenvalue weighted by atomic mass is 35.5. The zero-order valence-electron chi connectivity index (χ0n) is 8.72. The summed E-state index contributed by atoms with van der Waals surface area (Å²) in [6, 6.07) is 3.70. The van der Waals surface area contributed by atoms with Gasteiger partial charge in [-0.25, -0.2) is 8.42 Å². The first-order chi connectivity index (χ1) is 6.90. The van der Waals surface area contributed by atoms with Crippen molar-refractivity contribution < 1.29 is 8.42 Å². The largest absolute Gasteiger partial charge is 0.265 e. The molecule has 0 fully saturated rings. The van der Waals surface area contributed by atoms with Crippen LogP contribution in [-0.2, 0) is 9.84 Å². The molecular weight excluding hydrogens is 234 g/mol. The number of aromatic nitrogens is 1. The minimum atomic E-state index is -3.02. The van der Waals surface area contributed by atoms with E-state index in [-0.39, 0.29) is 11.7 Å². The van der Waals surface area contributed by atoms with Gasteiger partial charge < -0.3 is 0 Å². The van der Waals surface area contributed by atoms with Gasteiger partial charge >= 0.3 is 0 Å². The van der Waals surface area contributed by atoms with Crippen LogP contribution < -0.4 is 0 Å². The van der Waals surface area contributed by atoms with Crippen molar-refractivity contribution in [2.45, 2.75) is 18.2 Å². The summed E-state index contributed by atoms with van der Waals surface area (Å²) < 4.78 is 22.2. The average Bonchev–Trinajstić information content (AvgIpc) is 2.15. The Hall–Kier alpha value is -0.610. The number of alkyl halides is 1. The van der Waals surface area contributed by atoms with Crippen LogP contribution in [0.1, 0.15) is 18.4 Å². The Morgan fingerprint density at radius 3 is 2.40 bits per heavy atom. The monoisotopic (exact) mass is 247 g/mol. The molecule has 0 aliphatic heterocycles. The Labute approximate surface area is 95.4 Å². The van der Waals surface area contributed by atoms with Crippen LogP contribution in [0.4, 0.5) is 0 Å². The van der Waals surface area contributed by atoms with Crippen LogP contribution in [0.15, 0.2) is 24.5 Å². The molecule has 3 nitrogen and oxygen atoms in total. The fourth-order valence-electron chi connectivity index (χ4n) is 1.31. The molecular formula is C10H14ClNO2S. The lowest BCUT2D eigenvalue weighted by atomic mass is 10.00. The van der Waals surface area contributed by atoms with E-state index in [0.29, 0.717) is 0 Å². The van der Waals surface area contributed by atoms with Gasteiger partial charge in [-0.15, -0.1) is 11.6 Å². The summed E-state index contributed by atoms with van der Waals surface area (Å²) in [7, 11) is -3.02. The Morgan fingerprint density at radius 1 is 1.40 bits per heavy atom. The van der Waals surface area contributed by atoms with Gasteiger partial charge in [0.25, 0.3) is 0 Å². The predicted molar refractivity (Wildman–Crippen MR) is 62.0 cm³/mol. The molecule has 0 amide bonds. The van der Waals surface area contributed by atoms with E-state index in [2.05, 4.69) is 4.98 Å². The number of rotatable bonds is 4. The number of pyridine rings is 1. The molecule has 15 heavy (non-hydrogen) atoms. The third-order valence-electron chi connectivity index (χ3n) is 2.24. The molecule has 0 aliphatic carbocycles. The molecule has 0 spiro atoms. The maximum absolute atomic E-state index is 11.1. The van der Waals surface area contributed by atoms with Gasteiger partial charge in [0, 0.05) is 18.6 Å². The van der Waals surface area contributed by atoms with Crippen LogP contribution in [0.2, 0.25) is 0 Å². The van der Waals surface area contributed by atoms with E-state index < -0.39 is 15.2 Å². The lowest BCUT2D eigenvalue weighted by Gasteiger charge is -2.17. The molecule has 0 aromatic carbocycles. The van der Waals surface area contributed by atoms with E-state index in [4.69, 9.17) is 11.6 Å². The van der Waals surface area contributed by atoms with E-state index in [0.717, 1.165) is 5.56 Å². The van der Waals surface area contributed by atoms with E-state index in [1.807, 2.05) is 19.1 Å². The first kappa shape index (κ1) is 12.5. The summed E-state index contributed by atoms with van der Waals surface area (Å²) in [5.41, 5.74) is 1.01. The fraction of sp³-hybridized carbons (Fsp3) is 0.500. The fourth-order valence-corrected chi connectivity index (χ4v) is 3.01. The van der Waals surface area contributed by atoms with Gasteiger partial charge in [0.15, 0.2) is 0 Å². The van der Waals surface area contributed by atoms with Crippen molar-refractivity contribution in [1.29, 1.82) is 0 Å². The van der Waals surface area contributed by atoms with Crippen LogP contribution in [0, 0.1) is 0 Å². The maximum Gasteiger partial charge on any atom is 0.148 e. The van der Waals surface area contributed by atoms with E-state index in [1.165, 1.54) is 6.26 Å². The normalized spacial score (nSPS) is 15.9. The van der Waals surface area contributed by atoms with Crippen LogP contribution in [-0.4, -0.2) is 30.8 Å². The van der Waals surface area contributed by atoms with Crippen molar-refractivity contribution >= 4 is 21.4 Å². The molecule has 0 saturated heterocycles. The zero-order valence-corrected chi connectivity index (χ0v) is 10.3. The molecule has 1 aromatic heterocycles. The highest BCUT2D eigenvalue weighted by Gasteiger charge is 2.20. The molecule has 84 valence electrons. The highest BCUT2D eigenvalue weighted by molar-refractivity contribution is 7.90. The van der Waals surface area contributed by atoms with E-state index in [1.54, 1.807) is 12.4 Å². The Kier molecular flexibility index (Phi) is 4.11. The minimum Gasteiger partial charge on any atom is -0.265 e. The Bertz CT molecular complexity index is 405. The summed E-state index contributed by atoms with van der Waals surface area (Å²) in [6.45, 7) is 1.91. The Balaban J connectivity index is 2.73. The lowest BCUT2D eigenvalue weighted by Crippen LogP contribution is -2.20. The van der Waals surface area contributed by atoms with Gasteiger partial charge in [0.05, 0.1) is 11.1 Å². The second-order valence-electron chi connectivity index (χ2n) is 3.68. The van der Waals surface area contributed by atoms with Crippen molar-refractivity contribution in [3.05, 3.63) is 30.1 Å². The SMILES string of the molecule is CC(c1ccncc1)C(Cl)CS(C)(=O)=O. The summed E-state index contributed by atoms with van der Waals surface area (Å²) in [4.78, 5) is 3.90. The van der Waals surface area contributed by atoms with Gasteiger partial charge in [0.2, 0.25) is 0 Å². The van der Waals surface area contributed by atoms with Crippen LogP contribution in [0.5, 0.6) is 0 Å². The second kappa shape index (κ2) is 4.94. The molecule has 0 N–H and O–H groups in total. The third-order valence-corrected chi connectivity index (χ3v) is 3.92. The molecule has 1 rings (SSSR count). The summed E-state index contributed by atoms with van der Waals surface area (Å²) in [5.74, 6) is 0.00213. The number of sulfone groups is 1. The third kappa shape index (κ3) is 4.18. The molecule has 0 bridgehead atoms. The molecule has 2 atom stereocenters. The number of halogens is 1. The quantitative estimate of drug-likeness (QED) is 0.763. The first-order valence-electron chi connectivity index (χ1n) is 4.62. The van der Waals surface area contributed by atoms with Crippen LogP contribution in [0.25, 0.3) is 0 Å². The van der Waals surface area contributed by atoms with Gasteiger partial charge in [-0.1, -0.05) is 6.92 Å². The van der Waals surface area contributed by atoms with Crippen LogP contribution >= 0.6 is 11.6 Å². The van der Waals surface area contributed by atoms with Gasteiger partial charge in [-0.3, -0.25) is 4.98 Å². The van der Waals surface area contributed by atoms with Crippen molar-refractivity contribution in [1.82, 2.24) is 4.98 Å². The number of nitrogens with zero attached hydrogens (tertiary/aromatic N) is 1. The molecule has 0 saturated carbocycles. The van der Waals surface area contributed by atoms with Crippen LogP contribution in [0.3, 0.4) is 0 Å². The average molecular weight is 248 g/mol. The smallest absolute Gasteiger partial charge is 0.148 e. The van der Waals surface area contributed by atoms with Crippen molar-refractivity contribution in [2.75, 3.05) is 12.0 Å². The van der Waals surface area contributed by atoms with Gasteiger partial charge in [-0.05, 0) is 23.6 Å². The Morgan fingerprint density at radius 2 is 1.93 bits per heavy atom. The summed E-state index contributed by atoms with van der Waals surface area (Å²) in [6.07, 6.45) is 4.55. The van der Waals surface area contributed by atoms with Gasteiger partial charge in [-0.2, -0.15) is 0 Å². The van der Waals surface area contributed by atoms with Crippen molar-refractivity contribution in [2.24, 2.45) is 0 Å². The first-order valence-corrected chi connectivity index (χ1v) is 7.11. The molecule has 1 heterocycles. The van der Waals surface area contributed by atoms with Crippen molar-refractivity contribution in [3.8, 4) is 0 Å². The second-order valence-corrected chi connectivity index (χ2v) is 6.42. The van der Waals surface area contributed by atoms with E-state index in [9.17, 15) is 8.42 Å². The standard InChI is InChI=1S/C10H14ClNO2S/c1-8(9-3-5-12-6-4-9)10(11)7-15(2,13)14/h3-6,8,10H,7H2,1-2H3. The predicted octanol–water partition coefficient (Wildman–Crippen LogP) is 1.84. The lowest BCUT2D eigenvalue weighted by molar-refractivity contribution is 0.595. The van der Waals surface area contributed by atoms with Crippen molar-refractivity contribution in [3.63, 3.8) is 0 Å². The molecule has 0 aliphatic rings. The molecule has 1 aromatic rings. The molecule has 5 heteroatoms. The number of hydrogen-bond acceptors (Lipinski definition) is 3. The topological polar surface area (TPSA) is 47.0 Å². The van der Waals surface area contributed by atoms with E-state index >= 15 is 0 Å². The molecule has 0 radical (unpaired) electrons. The van der Waals surface area contributed by atoms with Gasteiger partial charge in [0.1, 0.15) is 9.84 Å². The molecule has 2 unspecified atom stereocenters. The minimum absolute atomic E-state index is 0.00194. The maximum atomic E-state index is 11.1. The zero-order chi connectivity index (χ0) is 11.5. The number of hydrogen-bond donors (Lipinski definition) is 0. The summed E-state index contributed by atoms with van der Waals surface area (Å²) >= 11 is 6.05. The highest BCUT2D eigenvalue weighted by Crippen LogP contribution is 2.23.